The Morgan fingerprint density at radius 2 is 1.15 bits per heavy atom. The number of hydrogen-bond donors (Lipinski definition) is 0. The smallest absolute Gasteiger partial charge is 0.0361 e. The summed E-state index contributed by atoms with van der Waals surface area (Å²) < 4.78 is 2.72. The van der Waals surface area contributed by atoms with E-state index < -0.39 is 0 Å². The second-order valence-corrected chi connectivity index (χ2v) is 16.2. The molecule has 0 saturated heterocycles. The van der Waals surface area contributed by atoms with Crippen molar-refractivity contribution in [2.24, 2.45) is 0 Å². The average molecular weight is 681 g/mol. The third-order valence-corrected chi connectivity index (χ3v) is 13.0. The Bertz CT molecular complexity index is 2960. The van der Waals surface area contributed by atoms with Gasteiger partial charge in [0.25, 0.3) is 0 Å². The van der Waals surface area contributed by atoms with Crippen molar-refractivity contribution in [2.45, 2.75) is 32.1 Å². The minimum absolute atomic E-state index is 0.0661. The summed E-state index contributed by atoms with van der Waals surface area (Å²) in [6, 6.07) is 54.7. The summed E-state index contributed by atoms with van der Waals surface area (Å²) in [5.74, 6) is 0. The van der Waals surface area contributed by atoms with Gasteiger partial charge in [0.2, 0.25) is 0 Å². The molecule has 0 N–H and O–H groups in total. The van der Waals surface area contributed by atoms with E-state index >= 15 is 0 Å². The molecule has 11 rings (SSSR count). The van der Waals surface area contributed by atoms with Gasteiger partial charge in [0.15, 0.2) is 0 Å². The van der Waals surface area contributed by atoms with E-state index in [0.29, 0.717) is 0 Å². The van der Waals surface area contributed by atoms with Crippen molar-refractivity contribution in [3.05, 3.63) is 180 Å². The van der Waals surface area contributed by atoms with Gasteiger partial charge in [0.05, 0.1) is 0 Å². The lowest BCUT2D eigenvalue weighted by Crippen LogP contribution is -2.14. The predicted molar refractivity (Wildman–Crippen MR) is 226 cm³/mol. The molecule has 0 atom stereocenters. The van der Waals surface area contributed by atoms with E-state index in [1.165, 1.54) is 108 Å². The van der Waals surface area contributed by atoms with Gasteiger partial charge >= 0.3 is 0 Å². The lowest BCUT2D eigenvalue weighted by Gasteiger charge is -2.23. The van der Waals surface area contributed by atoms with Crippen LogP contribution in [-0.2, 0) is 5.41 Å². The maximum atomic E-state index is 2.51. The monoisotopic (exact) mass is 680 g/mol. The summed E-state index contributed by atoms with van der Waals surface area (Å²) in [6.07, 6.45) is 7.00. The Morgan fingerprint density at radius 3 is 1.90 bits per heavy atom. The van der Waals surface area contributed by atoms with Crippen LogP contribution in [0.15, 0.2) is 158 Å². The van der Waals surface area contributed by atoms with Crippen LogP contribution in [-0.4, -0.2) is 0 Å². The maximum Gasteiger partial charge on any atom is 0.0361 e. The molecule has 8 aromatic carbocycles. The first-order valence-electron chi connectivity index (χ1n) is 18.5. The van der Waals surface area contributed by atoms with Crippen LogP contribution in [0.5, 0.6) is 0 Å². The predicted octanol–water partition coefficient (Wildman–Crippen LogP) is 14.7. The van der Waals surface area contributed by atoms with Crippen LogP contribution in [0.1, 0.15) is 48.9 Å². The van der Waals surface area contributed by atoms with E-state index in [-0.39, 0.29) is 5.41 Å². The van der Waals surface area contributed by atoms with Crippen LogP contribution in [0.4, 0.5) is 0 Å². The van der Waals surface area contributed by atoms with E-state index in [1.807, 2.05) is 11.3 Å². The topological polar surface area (TPSA) is 0 Å². The van der Waals surface area contributed by atoms with Crippen molar-refractivity contribution in [3.8, 4) is 22.3 Å². The Labute approximate surface area is 308 Å². The van der Waals surface area contributed by atoms with Gasteiger partial charge < -0.3 is 0 Å². The van der Waals surface area contributed by atoms with Gasteiger partial charge in [0, 0.05) is 25.6 Å². The van der Waals surface area contributed by atoms with Crippen LogP contribution in [0.2, 0.25) is 0 Å². The largest absolute Gasteiger partial charge is 0.135 e. The van der Waals surface area contributed by atoms with Crippen molar-refractivity contribution in [2.75, 3.05) is 0 Å². The summed E-state index contributed by atoms with van der Waals surface area (Å²) in [7, 11) is 0. The van der Waals surface area contributed by atoms with E-state index in [2.05, 4.69) is 172 Å². The van der Waals surface area contributed by atoms with E-state index in [1.54, 1.807) is 0 Å². The molecule has 2 aliphatic rings. The van der Waals surface area contributed by atoms with Gasteiger partial charge in [-0.2, -0.15) is 0 Å². The third kappa shape index (κ3) is 4.27. The highest BCUT2D eigenvalue weighted by Crippen LogP contribution is 2.52. The van der Waals surface area contributed by atoms with Gasteiger partial charge in [-0.25, -0.2) is 0 Å². The van der Waals surface area contributed by atoms with Gasteiger partial charge in [-0.15, -0.1) is 11.3 Å². The quantitative estimate of drug-likeness (QED) is 0.163. The molecule has 0 nitrogen and oxygen atoms in total. The number of rotatable bonds is 3. The fourth-order valence-corrected chi connectivity index (χ4v) is 10.6. The van der Waals surface area contributed by atoms with Crippen LogP contribution >= 0.6 is 11.3 Å². The van der Waals surface area contributed by atoms with Gasteiger partial charge in [-0.1, -0.05) is 141 Å². The zero-order valence-electron chi connectivity index (χ0n) is 29.3. The van der Waals surface area contributed by atoms with Gasteiger partial charge in [-0.3, -0.25) is 0 Å². The molecule has 246 valence electrons. The lowest BCUT2D eigenvalue weighted by atomic mass is 9.81. The van der Waals surface area contributed by atoms with Crippen LogP contribution in [0.25, 0.3) is 85.9 Å². The Hall–Kier alpha value is -5.76. The Kier molecular flexibility index (Phi) is 6.40. The fraction of sp³-hybridized carbons (Fsp3) is 0.0980. The molecule has 1 heteroatoms. The summed E-state index contributed by atoms with van der Waals surface area (Å²) >= 11 is 1.90. The number of allylic oxidation sites excluding steroid dienone is 4. The van der Waals surface area contributed by atoms with Gasteiger partial charge in [-0.05, 0) is 131 Å². The molecule has 1 aromatic heterocycles. The Morgan fingerprint density at radius 1 is 0.500 bits per heavy atom. The zero-order valence-corrected chi connectivity index (χ0v) is 30.2. The molecule has 0 fully saturated rings. The highest BCUT2D eigenvalue weighted by Gasteiger charge is 2.36. The van der Waals surface area contributed by atoms with Gasteiger partial charge in [0.1, 0.15) is 0 Å². The molecule has 0 bridgehead atoms. The van der Waals surface area contributed by atoms with E-state index in [0.717, 1.165) is 12.8 Å². The average Bonchev–Trinajstić information content (AvgIpc) is 3.68. The summed E-state index contributed by atoms with van der Waals surface area (Å²) in [5, 5.41) is 10.7. The van der Waals surface area contributed by atoms with Crippen LogP contribution in [0.3, 0.4) is 0 Å². The number of benzene rings is 8. The molecular weight excluding hydrogens is 645 g/mol. The number of fused-ring (bicyclic) bond motifs is 10. The normalized spacial score (nSPS) is 15.0. The molecule has 1 heterocycles. The summed E-state index contributed by atoms with van der Waals surface area (Å²) in [4.78, 5) is 0. The summed E-state index contributed by atoms with van der Waals surface area (Å²) in [5.41, 5.74) is 13.5. The zero-order chi connectivity index (χ0) is 34.6. The molecule has 9 aromatic rings. The molecule has 2 aliphatic carbocycles. The van der Waals surface area contributed by atoms with Crippen LogP contribution < -0.4 is 0 Å². The second-order valence-electron chi connectivity index (χ2n) is 15.1. The van der Waals surface area contributed by atoms with Crippen molar-refractivity contribution in [3.63, 3.8) is 0 Å². The maximum absolute atomic E-state index is 2.51. The minimum Gasteiger partial charge on any atom is -0.135 e. The van der Waals surface area contributed by atoms with Crippen molar-refractivity contribution < 1.29 is 0 Å². The molecule has 0 saturated carbocycles. The fourth-order valence-electron chi connectivity index (χ4n) is 9.46. The first-order valence-corrected chi connectivity index (χ1v) is 19.3. The van der Waals surface area contributed by atoms with E-state index in [9.17, 15) is 0 Å². The molecular formula is C51H36S. The standard InChI is InChI=1S/C51H36S/c1-51(2)44-25-23-33(28-42(44)43-30-41-34(29-45(43)51)24-26-47-50(41)40-21-10-11-22-46(40)52-47)32-15-12-16-35(27-32)49-38-19-8-6-17-36(38)48(31-13-4-3-5-14-31)37-18-7-9-20-39(37)49/h3-11,13-15,17-30H,12,16H2,1-2H3. The van der Waals surface area contributed by atoms with Crippen molar-refractivity contribution in [1.82, 2.24) is 0 Å². The highest BCUT2D eigenvalue weighted by molar-refractivity contribution is 7.26. The molecule has 0 aliphatic heterocycles. The minimum atomic E-state index is -0.0661. The van der Waals surface area contributed by atoms with Crippen molar-refractivity contribution in [1.29, 1.82) is 0 Å². The molecule has 0 radical (unpaired) electrons. The molecule has 0 spiro atoms. The first kappa shape index (κ1) is 29.9. The Balaban J connectivity index is 1.09. The molecule has 0 amide bonds. The van der Waals surface area contributed by atoms with Crippen molar-refractivity contribution >= 4 is 75.0 Å². The number of thiophene rings is 1. The molecule has 52 heavy (non-hydrogen) atoms. The van der Waals surface area contributed by atoms with Crippen LogP contribution in [0, 0.1) is 0 Å². The highest BCUT2D eigenvalue weighted by atomic mass is 32.1. The second kappa shape index (κ2) is 11.1. The third-order valence-electron chi connectivity index (χ3n) is 11.9. The summed E-state index contributed by atoms with van der Waals surface area (Å²) in [6.45, 7) is 4.80. The number of hydrogen-bond acceptors (Lipinski definition) is 1. The first-order chi connectivity index (χ1) is 25.5. The van der Waals surface area contributed by atoms with E-state index in [4.69, 9.17) is 0 Å². The molecule has 0 unspecified atom stereocenters. The SMILES string of the molecule is CC1(C)c2ccc(C3=CCCC(c4c5ccccc5c(-c5ccccc5)c5ccccc45)=C3)cc2-c2cc3c(ccc4sc5ccccc5c43)cc21. The lowest BCUT2D eigenvalue weighted by molar-refractivity contribution is 0.661.